The topological polar surface area (TPSA) is 37.3 Å². The Balaban J connectivity index is 3.26. The standard InChI is InChI=1S/C4H5O2S/c5-4(6)2-1-3-7/h1-2H,3H2,(H,5,6)/b2-1+. The fraction of sp³-hybridized carbons (Fsp3) is 0.250. The van der Waals surface area contributed by atoms with Crippen LogP contribution in [-0.2, 0) is 4.79 Å². The van der Waals surface area contributed by atoms with Gasteiger partial charge in [0.25, 0.3) is 0 Å². The number of hydrogen-bond donors (Lipinski definition) is 1. The van der Waals surface area contributed by atoms with Gasteiger partial charge in [-0.2, -0.15) is 0 Å². The molecule has 0 aliphatic carbocycles. The van der Waals surface area contributed by atoms with E-state index in [1.54, 1.807) is 0 Å². The molecule has 1 N–H and O–H groups in total. The third kappa shape index (κ3) is 5.56. The maximum Gasteiger partial charge on any atom is 0.328 e. The third-order valence-electron chi connectivity index (χ3n) is 0.357. The van der Waals surface area contributed by atoms with Crippen LogP contribution in [0.25, 0.3) is 0 Å². The highest BCUT2D eigenvalue weighted by Crippen LogP contribution is 1.75. The van der Waals surface area contributed by atoms with Gasteiger partial charge in [0.05, 0.1) is 0 Å². The Labute approximate surface area is 47.3 Å². The van der Waals surface area contributed by atoms with Gasteiger partial charge in [0, 0.05) is 11.8 Å². The van der Waals surface area contributed by atoms with Gasteiger partial charge < -0.3 is 5.11 Å². The van der Waals surface area contributed by atoms with Crippen molar-refractivity contribution in [3.8, 4) is 0 Å². The third-order valence-corrected chi connectivity index (χ3v) is 0.549. The van der Waals surface area contributed by atoms with Crippen molar-refractivity contribution >= 4 is 18.6 Å². The van der Waals surface area contributed by atoms with E-state index >= 15 is 0 Å². The van der Waals surface area contributed by atoms with Crippen LogP contribution in [0.15, 0.2) is 12.2 Å². The Hall–Kier alpha value is -0.440. The molecule has 0 amide bonds. The Bertz CT molecular complexity index is 87.7. The van der Waals surface area contributed by atoms with Crippen molar-refractivity contribution in [1.29, 1.82) is 0 Å². The summed E-state index contributed by atoms with van der Waals surface area (Å²) in [6.45, 7) is 0. The monoisotopic (exact) mass is 117 g/mol. The molecule has 1 radical (unpaired) electrons. The zero-order chi connectivity index (χ0) is 5.70. The van der Waals surface area contributed by atoms with E-state index in [1.807, 2.05) is 0 Å². The molecular formula is C4H5O2S. The van der Waals surface area contributed by atoms with E-state index in [0.29, 0.717) is 5.75 Å². The highest BCUT2D eigenvalue weighted by atomic mass is 32.1. The number of carboxylic acids is 1. The first-order valence-electron chi connectivity index (χ1n) is 1.75. The normalized spacial score (nSPS) is 9.86. The molecule has 0 atom stereocenters. The molecule has 0 aromatic rings. The van der Waals surface area contributed by atoms with Crippen LogP contribution >= 0.6 is 12.6 Å². The van der Waals surface area contributed by atoms with Crippen molar-refractivity contribution in [1.82, 2.24) is 0 Å². The van der Waals surface area contributed by atoms with E-state index in [0.717, 1.165) is 6.08 Å². The number of aliphatic carboxylic acids is 1. The molecule has 0 saturated heterocycles. The van der Waals surface area contributed by atoms with Crippen LogP contribution in [0.5, 0.6) is 0 Å². The molecule has 0 aliphatic heterocycles. The SMILES string of the molecule is O=C(O)/C=C/C[S]. The molecule has 0 unspecified atom stereocenters. The second-order valence-electron chi connectivity index (χ2n) is 0.907. The molecule has 0 aliphatic rings. The summed E-state index contributed by atoms with van der Waals surface area (Å²) in [6.07, 6.45) is 2.45. The van der Waals surface area contributed by atoms with Gasteiger partial charge in [-0.15, -0.1) is 0 Å². The molecule has 0 aromatic carbocycles. The van der Waals surface area contributed by atoms with Gasteiger partial charge in [0.2, 0.25) is 0 Å². The van der Waals surface area contributed by atoms with E-state index in [4.69, 9.17) is 5.11 Å². The van der Waals surface area contributed by atoms with E-state index < -0.39 is 5.97 Å². The van der Waals surface area contributed by atoms with Crippen LogP contribution in [0.3, 0.4) is 0 Å². The highest BCUT2D eigenvalue weighted by molar-refractivity contribution is 7.80. The van der Waals surface area contributed by atoms with E-state index in [1.165, 1.54) is 6.08 Å². The average Bonchev–Trinajstić information content (AvgIpc) is 1.61. The average molecular weight is 117 g/mol. The van der Waals surface area contributed by atoms with Crippen molar-refractivity contribution in [3.05, 3.63) is 12.2 Å². The zero-order valence-electron chi connectivity index (χ0n) is 3.63. The summed E-state index contributed by atoms with van der Waals surface area (Å²) in [7, 11) is 0. The minimum absolute atomic E-state index is 0.367. The summed E-state index contributed by atoms with van der Waals surface area (Å²) in [5.41, 5.74) is 0. The van der Waals surface area contributed by atoms with Crippen molar-refractivity contribution < 1.29 is 9.90 Å². The maximum atomic E-state index is 9.63. The second-order valence-corrected chi connectivity index (χ2v) is 1.24. The van der Waals surface area contributed by atoms with Crippen LogP contribution < -0.4 is 0 Å². The van der Waals surface area contributed by atoms with Gasteiger partial charge in [-0.1, -0.05) is 18.7 Å². The number of carboxylic acid groups (broad SMARTS) is 1. The number of carbonyl (C=O) groups is 1. The molecular weight excluding hydrogens is 112 g/mol. The summed E-state index contributed by atoms with van der Waals surface area (Å²) in [4.78, 5) is 9.63. The van der Waals surface area contributed by atoms with Gasteiger partial charge in [0.1, 0.15) is 0 Å². The first kappa shape index (κ1) is 6.56. The first-order valence-corrected chi connectivity index (χ1v) is 2.32. The van der Waals surface area contributed by atoms with Gasteiger partial charge in [-0.25, -0.2) is 4.79 Å². The molecule has 0 saturated carbocycles. The van der Waals surface area contributed by atoms with Crippen molar-refractivity contribution in [2.75, 3.05) is 5.75 Å². The van der Waals surface area contributed by atoms with E-state index in [9.17, 15) is 4.79 Å². The molecule has 0 rings (SSSR count). The Morgan fingerprint density at radius 3 is 2.57 bits per heavy atom. The van der Waals surface area contributed by atoms with Crippen LogP contribution in [0, 0.1) is 0 Å². The molecule has 3 heteroatoms. The first-order chi connectivity index (χ1) is 3.27. The van der Waals surface area contributed by atoms with Crippen molar-refractivity contribution in [2.45, 2.75) is 0 Å². The van der Waals surface area contributed by atoms with Crippen LogP contribution in [-0.4, -0.2) is 16.8 Å². The largest absolute Gasteiger partial charge is 0.478 e. The van der Waals surface area contributed by atoms with Crippen molar-refractivity contribution in [2.24, 2.45) is 0 Å². The fourth-order valence-corrected chi connectivity index (χ4v) is 0.245. The quantitative estimate of drug-likeness (QED) is 0.544. The molecule has 7 heavy (non-hydrogen) atoms. The smallest absolute Gasteiger partial charge is 0.328 e. The maximum absolute atomic E-state index is 9.63. The summed E-state index contributed by atoms with van der Waals surface area (Å²) >= 11 is 4.42. The van der Waals surface area contributed by atoms with Gasteiger partial charge in [-0.05, 0) is 0 Å². The molecule has 0 bridgehead atoms. The molecule has 2 nitrogen and oxygen atoms in total. The molecule has 0 aromatic heterocycles. The fourth-order valence-electron chi connectivity index (χ4n) is 0.149. The summed E-state index contributed by atoms with van der Waals surface area (Å²) < 4.78 is 0. The Kier molecular flexibility index (Phi) is 3.50. The lowest BCUT2D eigenvalue weighted by molar-refractivity contribution is -0.131. The van der Waals surface area contributed by atoms with Crippen molar-refractivity contribution in [3.63, 3.8) is 0 Å². The number of hydrogen-bond acceptors (Lipinski definition) is 1. The molecule has 39 valence electrons. The van der Waals surface area contributed by atoms with Gasteiger partial charge >= 0.3 is 5.97 Å². The Morgan fingerprint density at radius 2 is 2.43 bits per heavy atom. The van der Waals surface area contributed by atoms with Gasteiger partial charge in [0.15, 0.2) is 0 Å². The minimum Gasteiger partial charge on any atom is -0.478 e. The zero-order valence-corrected chi connectivity index (χ0v) is 4.44. The molecule has 0 heterocycles. The predicted molar refractivity (Wildman–Crippen MR) is 29.2 cm³/mol. The van der Waals surface area contributed by atoms with Crippen LogP contribution in [0.2, 0.25) is 0 Å². The van der Waals surface area contributed by atoms with E-state index in [2.05, 4.69) is 12.6 Å². The lowest BCUT2D eigenvalue weighted by Crippen LogP contribution is -1.85. The van der Waals surface area contributed by atoms with E-state index in [-0.39, 0.29) is 0 Å². The summed E-state index contributed by atoms with van der Waals surface area (Å²) in [6, 6.07) is 0. The summed E-state index contributed by atoms with van der Waals surface area (Å²) in [5.74, 6) is -0.573. The molecule has 0 spiro atoms. The highest BCUT2D eigenvalue weighted by Gasteiger charge is 1.79. The number of rotatable bonds is 2. The molecule has 0 fully saturated rings. The van der Waals surface area contributed by atoms with Gasteiger partial charge in [-0.3, -0.25) is 0 Å². The lowest BCUT2D eigenvalue weighted by Gasteiger charge is -1.72. The Morgan fingerprint density at radius 1 is 1.86 bits per heavy atom. The predicted octanol–water partition coefficient (Wildman–Crippen LogP) is 0.825. The van der Waals surface area contributed by atoms with Crippen LogP contribution in [0.4, 0.5) is 0 Å². The lowest BCUT2D eigenvalue weighted by atomic mass is 10.5. The minimum atomic E-state index is -0.940. The second kappa shape index (κ2) is 3.74. The van der Waals surface area contributed by atoms with Crippen LogP contribution in [0.1, 0.15) is 0 Å². The summed E-state index contributed by atoms with van der Waals surface area (Å²) in [5, 5.41) is 7.91.